The second-order valence-corrected chi connectivity index (χ2v) is 9.96. The summed E-state index contributed by atoms with van der Waals surface area (Å²) in [6.45, 7) is 11.3. The number of hydrogen-bond donors (Lipinski definition) is 1. The quantitative estimate of drug-likeness (QED) is 0.515. The molecule has 0 spiro atoms. The number of amides is 2. The number of aliphatic imine (C=N–C) groups is 1. The van der Waals surface area contributed by atoms with Crippen molar-refractivity contribution in [1.29, 1.82) is 0 Å². The van der Waals surface area contributed by atoms with Gasteiger partial charge in [0.25, 0.3) is 0 Å². The first-order valence-corrected chi connectivity index (χ1v) is 11.4. The van der Waals surface area contributed by atoms with Crippen molar-refractivity contribution in [1.82, 2.24) is 4.90 Å². The molecule has 1 unspecified atom stereocenters. The number of rotatable bonds is 6. The van der Waals surface area contributed by atoms with E-state index in [9.17, 15) is 19.5 Å². The lowest BCUT2D eigenvalue weighted by molar-refractivity contribution is -0.150. The van der Waals surface area contributed by atoms with E-state index < -0.39 is 35.0 Å². The second-order valence-electron chi connectivity index (χ2n) is 9.96. The molecular formula is C27H34N2O6. The van der Waals surface area contributed by atoms with E-state index in [1.165, 1.54) is 6.92 Å². The number of ether oxygens (including phenoxy) is 2. The van der Waals surface area contributed by atoms with E-state index >= 15 is 0 Å². The Morgan fingerprint density at radius 3 is 1.43 bits per heavy atom. The van der Waals surface area contributed by atoms with E-state index in [1.807, 2.05) is 12.1 Å². The minimum Gasteiger partial charge on any atom is -0.478 e. The van der Waals surface area contributed by atoms with Crippen LogP contribution in [0.5, 0.6) is 0 Å². The molecular weight excluding hydrogens is 448 g/mol. The molecule has 2 aromatic rings. The topological polar surface area (TPSA) is 106 Å². The molecule has 0 aliphatic rings. The molecule has 8 heteroatoms. The zero-order valence-electron chi connectivity index (χ0n) is 21.4. The van der Waals surface area contributed by atoms with Gasteiger partial charge in [-0.25, -0.2) is 19.4 Å². The molecule has 188 valence electrons. The van der Waals surface area contributed by atoms with Gasteiger partial charge in [-0.05, 0) is 41.5 Å². The predicted molar refractivity (Wildman–Crippen MR) is 133 cm³/mol. The van der Waals surface area contributed by atoms with Crippen molar-refractivity contribution in [2.45, 2.75) is 71.8 Å². The summed E-state index contributed by atoms with van der Waals surface area (Å²) in [5, 5.41) is 10.5. The first-order valence-electron chi connectivity index (χ1n) is 11.4. The molecule has 2 aromatic carbocycles. The zero-order valence-corrected chi connectivity index (χ0v) is 21.4. The molecule has 0 saturated heterocycles. The Morgan fingerprint density at radius 2 is 1.14 bits per heavy atom. The number of nitrogens with zero attached hydrogens (tertiary/aromatic N) is 2. The summed E-state index contributed by atoms with van der Waals surface area (Å²) < 4.78 is 10.9. The molecule has 0 aliphatic heterocycles. The number of carboxylic acids is 1. The fourth-order valence-corrected chi connectivity index (χ4v) is 3.25. The third kappa shape index (κ3) is 7.15. The Labute approximate surface area is 206 Å². The van der Waals surface area contributed by atoms with Crippen LogP contribution in [0, 0.1) is 0 Å². The maximum atomic E-state index is 13.3. The van der Waals surface area contributed by atoms with Crippen LogP contribution in [0.15, 0.2) is 65.7 Å². The van der Waals surface area contributed by atoms with E-state index in [1.54, 1.807) is 90.1 Å². The van der Waals surface area contributed by atoms with Crippen LogP contribution in [0.25, 0.3) is 0 Å². The predicted octanol–water partition coefficient (Wildman–Crippen LogP) is 5.89. The maximum absolute atomic E-state index is 13.3. The van der Waals surface area contributed by atoms with Crippen LogP contribution in [0.2, 0.25) is 0 Å². The van der Waals surface area contributed by atoms with Crippen LogP contribution in [0.1, 0.15) is 66.0 Å². The number of aliphatic carboxylic acids is 1. The lowest BCUT2D eigenvalue weighted by Crippen LogP contribution is -2.60. The number of carbonyl (C=O) groups is 3. The average Bonchev–Trinajstić information content (AvgIpc) is 2.75. The average molecular weight is 483 g/mol. The summed E-state index contributed by atoms with van der Waals surface area (Å²) in [6.07, 6.45) is -2.57. The summed E-state index contributed by atoms with van der Waals surface area (Å²) in [7, 11) is 0. The van der Waals surface area contributed by atoms with Crippen molar-refractivity contribution in [2.24, 2.45) is 4.99 Å². The number of imide groups is 1. The minimum atomic E-state index is -2.34. The number of hydrogen-bond acceptors (Lipinski definition) is 6. The summed E-state index contributed by atoms with van der Waals surface area (Å²) >= 11 is 0. The van der Waals surface area contributed by atoms with Gasteiger partial charge < -0.3 is 14.6 Å². The van der Waals surface area contributed by atoms with Crippen molar-refractivity contribution in [3.63, 3.8) is 0 Å². The van der Waals surface area contributed by atoms with Gasteiger partial charge in [0.2, 0.25) is 5.66 Å². The number of carbonyl (C=O) groups excluding carboxylic acids is 2. The van der Waals surface area contributed by atoms with Gasteiger partial charge in [-0.3, -0.25) is 0 Å². The Hall–Kier alpha value is -3.68. The Kier molecular flexibility index (Phi) is 8.44. The molecule has 2 rings (SSSR count). The van der Waals surface area contributed by atoms with Gasteiger partial charge in [0.1, 0.15) is 11.2 Å². The molecule has 0 fully saturated rings. The molecule has 0 aromatic heterocycles. The largest absolute Gasteiger partial charge is 0.478 e. The van der Waals surface area contributed by atoms with Crippen LogP contribution in [-0.2, 0) is 14.3 Å². The highest BCUT2D eigenvalue weighted by molar-refractivity contribution is 6.14. The standard InChI is InChI=1S/C27H34N2O6/c1-8-27(22(30)31,29(23(32)34-25(2,3)4)24(33)35-26(5,6)7)28-21(19-15-11-9-12-16-19)20-17-13-10-14-18-20/h9-18H,8H2,1-7H3,(H,30,31). The maximum Gasteiger partial charge on any atom is 0.422 e. The van der Waals surface area contributed by atoms with Gasteiger partial charge in [-0.2, -0.15) is 4.90 Å². The molecule has 0 bridgehead atoms. The molecule has 8 nitrogen and oxygen atoms in total. The van der Waals surface area contributed by atoms with Crippen LogP contribution in [0.4, 0.5) is 9.59 Å². The van der Waals surface area contributed by atoms with Gasteiger partial charge >= 0.3 is 18.2 Å². The lowest BCUT2D eigenvalue weighted by Gasteiger charge is -2.37. The Morgan fingerprint density at radius 1 is 0.771 bits per heavy atom. The number of benzene rings is 2. The lowest BCUT2D eigenvalue weighted by atomic mass is 9.99. The molecule has 2 amide bonds. The van der Waals surface area contributed by atoms with Crippen molar-refractivity contribution in [3.05, 3.63) is 71.8 Å². The van der Waals surface area contributed by atoms with E-state index in [-0.39, 0.29) is 6.42 Å². The van der Waals surface area contributed by atoms with Gasteiger partial charge in [-0.1, -0.05) is 67.6 Å². The van der Waals surface area contributed by atoms with Crippen LogP contribution < -0.4 is 0 Å². The SMILES string of the molecule is CCC(N=C(c1ccccc1)c1ccccc1)(C(=O)O)N(C(=O)OC(C)(C)C)C(=O)OC(C)(C)C. The smallest absolute Gasteiger partial charge is 0.422 e. The normalized spacial score (nSPS) is 13.2. The van der Waals surface area contributed by atoms with Gasteiger partial charge in [0.05, 0.1) is 5.71 Å². The highest BCUT2D eigenvalue weighted by Crippen LogP contribution is 2.30. The van der Waals surface area contributed by atoms with Gasteiger partial charge in [0.15, 0.2) is 0 Å². The first-order chi connectivity index (χ1) is 16.2. The Bertz CT molecular complexity index is 999. The summed E-state index contributed by atoms with van der Waals surface area (Å²) in [4.78, 5) is 44.6. The van der Waals surface area contributed by atoms with E-state index in [0.29, 0.717) is 21.7 Å². The van der Waals surface area contributed by atoms with E-state index in [2.05, 4.69) is 4.99 Å². The van der Waals surface area contributed by atoms with Crippen molar-refractivity contribution >= 4 is 23.9 Å². The monoisotopic (exact) mass is 482 g/mol. The second kappa shape index (κ2) is 10.7. The fraction of sp³-hybridized carbons (Fsp3) is 0.407. The van der Waals surface area contributed by atoms with Gasteiger partial charge in [-0.15, -0.1) is 0 Å². The van der Waals surface area contributed by atoms with E-state index in [0.717, 1.165) is 0 Å². The third-order valence-corrected chi connectivity index (χ3v) is 4.75. The van der Waals surface area contributed by atoms with Crippen LogP contribution >= 0.6 is 0 Å². The van der Waals surface area contributed by atoms with Crippen molar-refractivity contribution in [3.8, 4) is 0 Å². The third-order valence-electron chi connectivity index (χ3n) is 4.75. The summed E-state index contributed by atoms with van der Waals surface area (Å²) in [6, 6.07) is 17.9. The molecule has 0 aliphatic carbocycles. The zero-order chi connectivity index (χ0) is 26.4. The summed E-state index contributed by atoms with van der Waals surface area (Å²) in [5.41, 5.74) is -2.81. The fourth-order valence-electron chi connectivity index (χ4n) is 3.25. The number of carboxylic acid groups (broad SMARTS) is 1. The summed E-state index contributed by atoms with van der Waals surface area (Å²) in [5.74, 6) is -1.50. The minimum absolute atomic E-state index is 0.232. The highest BCUT2D eigenvalue weighted by Gasteiger charge is 2.52. The van der Waals surface area contributed by atoms with Crippen molar-refractivity contribution < 1.29 is 29.0 Å². The molecule has 0 heterocycles. The van der Waals surface area contributed by atoms with E-state index in [4.69, 9.17) is 9.47 Å². The molecule has 0 saturated carbocycles. The molecule has 1 N–H and O–H groups in total. The molecule has 1 atom stereocenters. The highest BCUT2D eigenvalue weighted by atomic mass is 16.6. The van der Waals surface area contributed by atoms with Crippen LogP contribution in [0.3, 0.4) is 0 Å². The Balaban J connectivity index is 2.85. The van der Waals surface area contributed by atoms with Crippen LogP contribution in [-0.4, -0.2) is 50.7 Å². The molecule has 35 heavy (non-hydrogen) atoms. The molecule has 0 radical (unpaired) electrons. The first kappa shape index (κ1) is 27.6. The van der Waals surface area contributed by atoms with Gasteiger partial charge in [0, 0.05) is 17.5 Å². The van der Waals surface area contributed by atoms with Crippen molar-refractivity contribution in [2.75, 3.05) is 0 Å².